The predicted molar refractivity (Wildman–Crippen MR) is 250 cm³/mol. The standard InChI is InChI=1S/C52H97NO5/c1-4-7-10-13-16-19-22-25-26-27-30-33-36-39-42-45-52(57)58-48(43-40-37-34-31-28-23-20-17-14-11-8-5-2)46-51(56)53-49(47-54)50(55)44-41-38-35-32-29-24-21-18-15-12-9-6-3/h16,19,22,25,31,34,48-50,54-55H,4-15,17-18,20-21,23-24,26-30,32-33,35-47H2,1-3H3,(H,53,56)/b19-16+,25-22+,34-31-. The molecule has 58 heavy (non-hydrogen) atoms. The van der Waals surface area contributed by atoms with Gasteiger partial charge in [0, 0.05) is 6.42 Å². The summed E-state index contributed by atoms with van der Waals surface area (Å²) in [5, 5.41) is 23.7. The molecule has 3 atom stereocenters. The van der Waals surface area contributed by atoms with E-state index in [1.807, 2.05) is 0 Å². The molecule has 0 spiro atoms. The van der Waals surface area contributed by atoms with Gasteiger partial charge in [-0.25, -0.2) is 0 Å². The first kappa shape index (κ1) is 56.1. The molecule has 0 fully saturated rings. The molecule has 0 aliphatic heterocycles. The van der Waals surface area contributed by atoms with Gasteiger partial charge in [0.05, 0.1) is 25.2 Å². The largest absolute Gasteiger partial charge is 0.462 e. The Morgan fingerprint density at radius 2 is 0.897 bits per heavy atom. The van der Waals surface area contributed by atoms with Gasteiger partial charge in [0.2, 0.25) is 5.91 Å². The number of esters is 1. The van der Waals surface area contributed by atoms with Crippen molar-refractivity contribution in [1.82, 2.24) is 5.32 Å². The van der Waals surface area contributed by atoms with Gasteiger partial charge in [-0.3, -0.25) is 9.59 Å². The van der Waals surface area contributed by atoms with Gasteiger partial charge in [0.25, 0.3) is 0 Å². The lowest BCUT2D eigenvalue weighted by molar-refractivity contribution is -0.151. The lowest BCUT2D eigenvalue weighted by Gasteiger charge is -2.24. The fraction of sp³-hybridized carbons (Fsp3) is 0.846. The molecule has 0 heterocycles. The Balaban J connectivity index is 4.60. The molecule has 1 amide bonds. The van der Waals surface area contributed by atoms with Crippen molar-refractivity contribution in [2.24, 2.45) is 0 Å². The van der Waals surface area contributed by atoms with Crippen molar-refractivity contribution < 1.29 is 24.5 Å². The van der Waals surface area contributed by atoms with Gasteiger partial charge in [-0.2, -0.15) is 0 Å². The maximum Gasteiger partial charge on any atom is 0.306 e. The minimum Gasteiger partial charge on any atom is -0.462 e. The summed E-state index contributed by atoms with van der Waals surface area (Å²) in [6, 6.07) is -0.709. The average molecular weight is 816 g/mol. The Bertz CT molecular complexity index is 961. The Morgan fingerprint density at radius 1 is 0.500 bits per heavy atom. The highest BCUT2D eigenvalue weighted by Crippen LogP contribution is 2.17. The van der Waals surface area contributed by atoms with E-state index in [9.17, 15) is 19.8 Å². The zero-order valence-electron chi connectivity index (χ0n) is 38.7. The molecule has 3 unspecified atom stereocenters. The zero-order valence-corrected chi connectivity index (χ0v) is 38.7. The van der Waals surface area contributed by atoms with E-state index in [4.69, 9.17) is 4.74 Å². The number of unbranched alkanes of at least 4 members (excludes halogenated alkanes) is 28. The summed E-state index contributed by atoms with van der Waals surface area (Å²) in [6.45, 7) is 6.44. The van der Waals surface area contributed by atoms with Crippen LogP contribution in [0.15, 0.2) is 36.5 Å². The van der Waals surface area contributed by atoms with Crippen LogP contribution in [-0.2, 0) is 14.3 Å². The number of aliphatic hydroxyl groups is 2. The van der Waals surface area contributed by atoms with Crippen LogP contribution in [0.1, 0.15) is 258 Å². The van der Waals surface area contributed by atoms with Crippen LogP contribution in [0.2, 0.25) is 0 Å². The Kier molecular flexibility index (Phi) is 44.6. The fourth-order valence-corrected chi connectivity index (χ4v) is 7.60. The van der Waals surface area contributed by atoms with Gasteiger partial charge in [0.1, 0.15) is 6.10 Å². The van der Waals surface area contributed by atoms with Crippen molar-refractivity contribution in [2.75, 3.05) is 6.61 Å². The van der Waals surface area contributed by atoms with E-state index < -0.39 is 18.2 Å². The number of rotatable bonds is 45. The Hall–Kier alpha value is -1.92. The summed E-state index contributed by atoms with van der Waals surface area (Å²) in [5.41, 5.74) is 0. The van der Waals surface area contributed by atoms with Crippen molar-refractivity contribution in [3.05, 3.63) is 36.5 Å². The molecular formula is C52H97NO5. The van der Waals surface area contributed by atoms with Crippen molar-refractivity contribution in [3.8, 4) is 0 Å². The van der Waals surface area contributed by atoms with Gasteiger partial charge >= 0.3 is 5.97 Å². The van der Waals surface area contributed by atoms with E-state index in [0.29, 0.717) is 19.3 Å². The quantitative estimate of drug-likeness (QED) is 0.0246. The lowest BCUT2D eigenvalue weighted by atomic mass is 10.0. The molecule has 6 heteroatoms. The highest BCUT2D eigenvalue weighted by atomic mass is 16.5. The number of amides is 1. The van der Waals surface area contributed by atoms with E-state index in [2.05, 4.69) is 62.5 Å². The average Bonchev–Trinajstić information content (AvgIpc) is 3.22. The van der Waals surface area contributed by atoms with Crippen LogP contribution in [0.5, 0.6) is 0 Å². The first-order valence-electron chi connectivity index (χ1n) is 25.2. The lowest BCUT2D eigenvalue weighted by Crippen LogP contribution is -2.46. The highest BCUT2D eigenvalue weighted by Gasteiger charge is 2.24. The van der Waals surface area contributed by atoms with E-state index in [-0.39, 0.29) is 24.9 Å². The maximum absolute atomic E-state index is 13.2. The summed E-state index contributed by atoms with van der Waals surface area (Å²) >= 11 is 0. The Morgan fingerprint density at radius 3 is 1.40 bits per heavy atom. The molecular weight excluding hydrogens is 719 g/mol. The third-order valence-electron chi connectivity index (χ3n) is 11.5. The number of aliphatic hydroxyl groups excluding tert-OH is 2. The molecule has 0 aliphatic carbocycles. The van der Waals surface area contributed by atoms with Crippen molar-refractivity contribution in [2.45, 2.75) is 277 Å². The normalized spacial score (nSPS) is 13.5. The number of carbonyl (C=O) groups excluding carboxylic acids is 2. The summed E-state index contributed by atoms with van der Waals surface area (Å²) in [5.74, 6) is -0.510. The maximum atomic E-state index is 13.2. The number of allylic oxidation sites excluding steroid dienone is 6. The first-order valence-corrected chi connectivity index (χ1v) is 25.2. The number of ether oxygens (including phenoxy) is 1. The summed E-state index contributed by atoms with van der Waals surface area (Å²) in [7, 11) is 0. The molecule has 0 bridgehead atoms. The van der Waals surface area contributed by atoms with Crippen LogP contribution in [0.3, 0.4) is 0 Å². The van der Waals surface area contributed by atoms with Gasteiger partial charge in [-0.15, -0.1) is 0 Å². The summed E-state index contributed by atoms with van der Waals surface area (Å²) in [4.78, 5) is 26.1. The molecule has 0 aromatic carbocycles. The molecule has 0 saturated heterocycles. The fourth-order valence-electron chi connectivity index (χ4n) is 7.60. The van der Waals surface area contributed by atoms with Crippen LogP contribution in [0, 0.1) is 0 Å². The smallest absolute Gasteiger partial charge is 0.306 e. The number of hydrogen-bond acceptors (Lipinski definition) is 5. The molecule has 3 N–H and O–H groups in total. The Labute approximate surface area is 360 Å². The number of nitrogens with one attached hydrogen (secondary N) is 1. The second-order valence-electron chi connectivity index (χ2n) is 17.2. The molecule has 0 aromatic heterocycles. The molecule has 6 nitrogen and oxygen atoms in total. The second-order valence-corrected chi connectivity index (χ2v) is 17.2. The molecule has 0 aliphatic rings. The summed E-state index contributed by atoms with van der Waals surface area (Å²) < 4.78 is 5.90. The van der Waals surface area contributed by atoms with Gasteiger partial charge in [-0.1, -0.05) is 211 Å². The molecule has 0 saturated carbocycles. The topological polar surface area (TPSA) is 95.9 Å². The molecule has 340 valence electrons. The number of hydrogen-bond donors (Lipinski definition) is 3. The van der Waals surface area contributed by atoms with Gasteiger partial charge in [-0.05, 0) is 70.6 Å². The SMILES string of the molecule is CCCCC/C=C/C=C/CCCCCCCCC(=O)OC(CCC/C=C\CCCCCCCCC)CC(=O)NC(CO)C(O)CCCCCCCCCCCCCC. The molecule has 0 radical (unpaired) electrons. The van der Waals surface area contributed by atoms with Crippen LogP contribution >= 0.6 is 0 Å². The van der Waals surface area contributed by atoms with Crippen LogP contribution in [-0.4, -0.2) is 46.9 Å². The first-order chi connectivity index (χ1) is 28.5. The van der Waals surface area contributed by atoms with Crippen LogP contribution in [0.4, 0.5) is 0 Å². The number of carbonyl (C=O) groups is 2. The minimum absolute atomic E-state index is 0.0540. The van der Waals surface area contributed by atoms with Crippen LogP contribution in [0.25, 0.3) is 0 Å². The molecule has 0 aromatic rings. The third-order valence-corrected chi connectivity index (χ3v) is 11.5. The van der Waals surface area contributed by atoms with E-state index in [0.717, 1.165) is 64.2 Å². The van der Waals surface area contributed by atoms with E-state index in [1.165, 1.54) is 148 Å². The summed E-state index contributed by atoms with van der Waals surface area (Å²) in [6.07, 6.45) is 53.4. The van der Waals surface area contributed by atoms with Crippen molar-refractivity contribution in [3.63, 3.8) is 0 Å². The zero-order chi connectivity index (χ0) is 42.4. The monoisotopic (exact) mass is 816 g/mol. The van der Waals surface area contributed by atoms with Crippen LogP contribution < -0.4 is 5.32 Å². The predicted octanol–water partition coefficient (Wildman–Crippen LogP) is 14.9. The minimum atomic E-state index is -0.793. The van der Waals surface area contributed by atoms with Crippen molar-refractivity contribution in [1.29, 1.82) is 0 Å². The second kappa shape index (κ2) is 46.2. The van der Waals surface area contributed by atoms with Gasteiger partial charge < -0.3 is 20.3 Å². The molecule has 0 rings (SSSR count). The van der Waals surface area contributed by atoms with Gasteiger partial charge in [0.15, 0.2) is 0 Å². The highest BCUT2D eigenvalue weighted by molar-refractivity contribution is 5.77. The van der Waals surface area contributed by atoms with Crippen molar-refractivity contribution >= 4 is 11.9 Å². The van der Waals surface area contributed by atoms with E-state index >= 15 is 0 Å². The van der Waals surface area contributed by atoms with E-state index in [1.54, 1.807) is 0 Å². The third kappa shape index (κ3) is 40.8.